The summed E-state index contributed by atoms with van der Waals surface area (Å²) < 4.78 is 15.8. The van der Waals surface area contributed by atoms with Crippen LogP contribution in [0, 0.1) is 0 Å². The maximum absolute atomic E-state index is 12.5. The Hall–Kier alpha value is -1.55. The van der Waals surface area contributed by atoms with Gasteiger partial charge in [-0.2, -0.15) is 0 Å². The molecule has 0 atom stereocenters. The molecule has 0 heterocycles. The number of hydrogen-bond acceptors (Lipinski definition) is 4. The number of hydrogen-bond donors (Lipinski definition) is 0. The summed E-state index contributed by atoms with van der Waals surface area (Å²) >= 11 is 0. The minimum atomic E-state index is -0.641. The average Bonchev–Trinajstić information content (AvgIpc) is 2.37. The molecule has 1 aliphatic rings. The molecule has 0 saturated heterocycles. The molecule has 0 amide bonds. The molecule has 0 unspecified atom stereocenters. The van der Waals surface area contributed by atoms with Crippen molar-refractivity contribution in [2.45, 2.75) is 24.9 Å². The molecular weight excluding hydrogens is 232 g/mol. The van der Waals surface area contributed by atoms with Crippen molar-refractivity contribution >= 4 is 5.78 Å². The molecule has 98 valence electrons. The molecule has 0 bridgehead atoms. The van der Waals surface area contributed by atoms with E-state index in [2.05, 4.69) is 0 Å². The SMILES string of the molecule is COc1cc(OC)cc(C(=O)C2(OC)CCC2)c1. The van der Waals surface area contributed by atoms with E-state index >= 15 is 0 Å². The largest absolute Gasteiger partial charge is 0.497 e. The van der Waals surface area contributed by atoms with Crippen LogP contribution in [0.15, 0.2) is 18.2 Å². The summed E-state index contributed by atoms with van der Waals surface area (Å²) in [7, 11) is 4.73. The van der Waals surface area contributed by atoms with Crippen molar-refractivity contribution in [3.8, 4) is 11.5 Å². The average molecular weight is 250 g/mol. The van der Waals surface area contributed by atoms with E-state index in [0.29, 0.717) is 17.1 Å². The lowest BCUT2D eigenvalue weighted by Gasteiger charge is -2.38. The molecule has 18 heavy (non-hydrogen) atoms. The molecule has 0 N–H and O–H groups in total. The van der Waals surface area contributed by atoms with Crippen LogP contribution >= 0.6 is 0 Å². The Kier molecular flexibility index (Phi) is 3.57. The molecule has 0 radical (unpaired) electrons. The van der Waals surface area contributed by atoms with Gasteiger partial charge in [0.2, 0.25) is 0 Å². The number of ether oxygens (including phenoxy) is 3. The van der Waals surface area contributed by atoms with Gasteiger partial charge in [-0.25, -0.2) is 0 Å². The van der Waals surface area contributed by atoms with Crippen LogP contribution in [0.4, 0.5) is 0 Å². The van der Waals surface area contributed by atoms with Crippen LogP contribution in [0.2, 0.25) is 0 Å². The number of carbonyl (C=O) groups is 1. The normalized spacial score (nSPS) is 16.8. The van der Waals surface area contributed by atoms with Crippen molar-refractivity contribution in [2.75, 3.05) is 21.3 Å². The van der Waals surface area contributed by atoms with Crippen molar-refractivity contribution in [3.05, 3.63) is 23.8 Å². The number of carbonyl (C=O) groups excluding carboxylic acids is 1. The highest BCUT2D eigenvalue weighted by molar-refractivity contribution is 6.03. The summed E-state index contributed by atoms with van der Waals surface area (Å²) in [5.74, 6) is 1.24. The molecule has 0 spiro atoms. The highest BCUT2D eigenvalue weighted by Gasteiger charge is 2.44. The van der Waals surface area contributed by atoms with E-state index in [9.17, 15) is 4.79 Å². The summed E-state index contributed by atoms with van der Waals surface area (Å²) in [6.07, 6.45) is 2.59. The fourth-order valence-corrected chi connectivity index (χ4v) is 2.22. The van der Waals surface area contributed by atoms with E-state index in [-0.39, 0.29) is 5.78 Å². The van der Waals surface area contributed by atoms with Gasteiger partial charge < -0.3 is 14.2 Å². The second-order valence-corrected chi connectivity index (χ2v) is 4.48. The standard InChI is InChI=1S/C14H18O4/c1-16-11-7-10(8-12(9-11)17-2)13(15)14(18-3)5-4-6-14/h7-9H,4-6H2,1-3H3. The molecule has 1 fully saturated rings. The summed E-state index contributed by atoms with van der Waals surface area (Å²) in [5.41, 5.74) is -0.0649. The third kappa shape index (κ3) is 2.08. The Morgan fingerprint density at radius 3 is 1.94 bits per heavy atom. The number of methoxy groups -OCH3 is 3. The highest BCUT2D eigenvalue weighted by Crippen LogP contribution is 2.39. The maximum atomic E-state index is 12.5. The van der Waals surface area contributed by atoms with Crippen molar-refractivity contribution in [1.82, 2.24) is 0 Å². The second-order valence-electron chi connectivity index (χ2n) is 4.48. The summed E-state index contributed by atoms with van der Waals surface area (Å²) in [6.45, 7) is 0. The van der Waals surface area contributed by atoms with E-state index in [1.807, 2.05) is 0 Å². The fraction of sp³-hybridized carbons (Fsp3) is 0.500. The third-order valence-corrected chi connectivity index (χ3v) is 3.58. The minimum absolute atomic E-state index is 0.00782. The lowest BCUT2D eigenvalue weighted by molar-refractivity contribution is -0.0448. The molecule has 1 aliphatic carbocycles. The van der Waals surface area contributed by atoms with Crippen LogP contribution in [0.5, 0.6) is 11.5 Å². The van der Waals surface area contributed by atoms with Gasteiger partial charge in [-0.15, -0.1) is 0 Å². The lowest BCUT2D eigenvalue weighted by Crippen LogP contribution is -2.47. The molecule has 2 rings (SSSR count). The zero-order valence-corrected chi connectivity index (χ0v) is 11.0. The molecule has 4 heteroatoms. The van der Waals surface area contributed by atoms with E-state index in [4.69, 9.17) is 14.2 Å². The van der Waals surface area contributed by atoms with Crippen LogP contribution in [0.1, 0.15) is 29.6 Å². The Labute approximate surface area is 107 Å². The highest BCUT2D eigenvalue weighted by atomic mass is 16.5. The Morgan fingerprint density at radius 2 is 1.61 bits per heavy atom. The first-order valence-electron chi connectivity index (χ1n) is 5.98. The number of benzene rings is 1. The predicted molar refractivity (Wildman–Crippen MR) is 67.5 cm³/mol. The number of rotatable bonds is 5. The first-order chi connectivity index (χ1) is 8.65. The van der Waals surface area contributed by atoms with Gasteiger partial charge in [0.25, 0.3) is 0 Å². The molecular formula is C14H18O4. The van der Waals surface area contributed by atoms with E-state index in [0.717, 1.165) is 19.3 Å². The van der Waals surface area contributed by atoms with Gasteiger partial charge in [-0.1, -0.05) is 0 Å². The van der Waals surface area contributed by atoms with Crippen molar-refractivity contribution in [3.63, 3.8) is 0 Å². The number of ketones is 1. The van der Waals surface area contributed by atoms with Crippen molar-refractivity contribution in [2.24, 2.45) is 0 Å². The van der Waals surface area contributed by atoms with Crippen molar-refractivity contribution < 1.29 is 19.0 Å². The zero-order chi connectivity index (χ0) is 13.2. The van der Waals surface area contributed by atoms with Crippen LogP contribution in [0.25, 0.3) is 0 Å². The molecule has 4 nitrogen and oxygen atoms in total. The Bertz CT molecular complexity index is 421. The molecule has 1 aromatic carbocycles. The van der Waals surface area contributed by atoms with E-state index in [1.165, 1.54) is 0 Å². The van der Waals surface area contributed by atoms with Gasteiger partial charge in [0.15, 0.2) is 5.78 Å². The Morgan fingerprint density at radius 1 is 1.06 bits per heavy atom. The van der Waals surface area contributed by atoms with Gasteiger partial charge in [-0.05, 0) is 31.4 Å². The van der Waals surface area contributed by atoms with Crippen molar-refractivity contribution in [1.29, 1.82) is 0 Å². The van der Waals surface area contributed by atoms with E-state index in [1.54, 1.807) is 39.5 Å². The molecule has 0 aromatic heterocycles. The van der Waals surface area contributed by atoms with Gasteiger partial charge >= 0.3 is 0 Å². The summed E-state index contributed by atoms with van der Waals surface area (Å²) in [5, 5.41) is 0. The topological polar surface area (TPSA) is 44.8 Å². The summed E-state index contributed by atoms with van der Waals surface area (Å²) in [4.78, 5) is 12.5. The van der Waals surface area contributed by atoms with Gasteiger partial charge in [0.05, 0.1) is 14.2 Å². The quantitative estimate of drug-likeness (QED) is 0.753. The molecule has 0 aliphatic heterocycles. The summed E-state index contributed by atoms with van der Waals surface area (Å²) in [6, 6.07) is 5.20. The number of Topliss-reactive ketones (excluding diaryl/α,β-unsaturated/α-hetero) is 1. The minimum Gasteiger partial charge on any atom is -0.497 e. The van der Waals surface area contributed by atoms with Crippen LogP contribution in [-0.2, 0) is 4.74 Å². The monoisotopic (exact) mass is 250 g/mol. The predicted octanol–water partition coefficient (Wildman–Crippen LogP) is 2.46. The zero-order valence-electron chi connectivity index (χ0n) is 11.0. The van der Waals surface area contributed by atoms with Crippen LogP contribution in [-0.4, -0.2) is 32.7 Å². The first kappa shape index (κ1) is 12.9. The molecule has 1 saturated carbocycles. The van der Waals surface area contributed by atoms with Gasteiger partial charge in [-0.3, -0.25) is 4.79 Å². The maximum Gasteiger partial charge on any atom is 0.194 e. The van der Waals surface area contributed by atoms with E-state index < -0.39 is 5.60 Å². The third-order valence-electron chi connectivity index (χ3n) is 3.58. The molecule has 1 aromatic rings. The first-order valence-corrected chi connectivity index (χ1v) is 5.98. The Balaban J connectivity index is 2.35. The fourth-order valence-electron chi connectivity index (χ4n) is 2.22. The van der Waals surface area contributed by atoms with Crippen LogP contribution < -0.4 is 9.47 Å². The smallest absolute Gasteiger partial charge is 0.194 e. The van der Waals surface area contributed by atoms with Gasteiger partial charge in [0.1, 0.15) is 17.1 Å². The van der Waals surface area contributed by atoms with Gasteiger partial charge in [0, 0.05) is 18.7 Å². The lowest BCUT2D eigenvalue weighted by atomic mass is 9.75. The van der Waals surface area contributed by atoms with Crippen LogP contribution in [0.3, 0.4) is 0 Å². The second kappa shape index (κ2) is 4.98.